The third-order valence-corrected chi connectivity index (χ3v) is 2.59. The fourth-order valence-electron chi connectivity index (χ4n) is 1.66. The van der Waals surface area contributed by atoms with E-state index in [1.54, 1.807) is 18.3 Å². The molecule has 0 spiro atoms. The van der Waals surface area contributed by atoms with E-state index in [4.69, 9.17) is 4.74 Å². The molecule has 0 N–H and O–H groups in total. The lowest BCUT2D eigenvalue weighted by Crippen LogP contribution is -1.90. The summed E-state index contributed by atoms with van der Waals surface area (Å²) in [7, 11) is 0. The first-order chi connectivity index (χ1) is 9.69. The molecule has 0 heterocycles. The molecule has 5 heteroatoms. The van der Waals surface area contributed by atoms with Crippen LogP contribution in [0.4, 0.5) is 11.4 Å². The Labute approximate surface area is 116 Å². The Hall–Kier alpha value is -2.69. The molecule has 5 nitrogen and oxygen atoms in total. The number of benzene rings is 2. The normalized spacial score (nSPS) is 10.7. The van der Waals surface area contributed by atoms with E-state index in [0.717, 1.165) is 11.4 Å². The van der Waals surface area contributed by atoms with Gasteiger partial charge in [-0.3, -0.25) is 15.1 Å². The van der Waals surface area contributed by atoms with Gasteiger partial charge < -0.3 is 4.74 Å². The third-order valence-electron chi connectivity index (χ3n) is 2.59. The van der Waals surface area contributed by atoms with Crippen molar-refractivity contribution in [3.63, 3.8) is 0 Å². The Morgan fingerprint density at radius 1 is 1.25 bits per heavy atom. The molecule has 0 aliphatic heterocycles. The molecule has 0 radical (unpaired) electrons. The molecule has 0 atom stereocenters. The maximum atomic E-state index is 10.7. The minimum absolute atomic E-state index is 0.0562. The van der Waals surface area contributed by atoms with Crippen LogP contribution in [0.2, 0.25) is 0 Å². The topological polar surface area (TPSA) is 64.7 Å². The molecule has 0 amide bonds. The quantitative estimate of drug-likeness (QED) is 0.472. The van der Waals surface area contributed by atoms with Crippen molar-refractivity contribution in [3.8, 4) is 5.75 Å². The van der Waals surface area contributed by atoms with E-state index in [2.05, 4.69) is 4.99 Å². The molecule has 0 saturated heterocycles. The number of hydrogen-bond donors (Lipinski definition) is 0. The highest BCUT2D eigenvalue weighted by atomic mass is 16.6. The number of hydrogen-bond acceptors (Lipinski definition) is 4. The SMILES string of the molecule is CCOc1ccc(N=Cc2cccc([N+](=O)[O-])c2)cc1. The van der Waals surface area contributed by atoms with E-state index >= 15 is 0 Å². The Morgan fingerprint density at radius 2 is 2.00 bits per heavy atom. The lowest BCUT2D eigenvalue weighted by molar-refractivity contribution is -0.384. The highest BCUT2D eigenvalue weighted by molar-refractivity contribution is 5.82. The number of nitro groups is 1. The first-order valence-corrected chi connectivity index (χ1v) is 6.20. The first kappa shape index (κ1) is 13.7. The van der Waals surface area contributed by atoms with Crippen molar-refractivity contribution >= 4 is 17.6 Å². The Morgan fingerprint density at radius 3 is 2.65 bits per heavy atom. The number of aliphatic imine (C=N–C) groups is 1. The maximum absolute atomic E-state index is 10.7. The Kier molecular flexibility index (Phi) is 4.44. The van der Waals surface area contributed by atoms with Crippen molar-refractivity contribution in [3.05, 3.63) is 64.2 Å². The molecule has 0 unspecified atom stereocenters. The minimum Gasteiger partial charge on any atom is -0.494 e. The standard InChI is InChI=1S/C15H14N2O3/c1-2-20-15-8-6-13(7-9-15)16-11-12-4-3-5-14(10-12)17(18)19/h3-11H,2H2,1H3. The van der Waals surface area contributed by atoms with Gasteiger partial charge in [0.1, 0.15) is 5.75 Å². The molecule has 0 saturated carbocycles. The van der Waals surface area contributed by atoms with Gasteiger partial charge in [-0.15, -0.1) is 0 Å². The third kappa shape index (κ3) is 3.65. The lowest BCUT2D eigenvalue weighted by Gasteiger charge is -2.02. The van der Waals surface area contributed by atoms with Crippen LogP contribution in [0.5, 0.6) is 5.75 Å². The molecule has 20 heavy (non-hydrogen) atoms. The van der Waals surface area contributed by atoms with Crippen LogP contribution < -0.4 is 4.74 Å². The van der Waals surface area contributed by atoms with Crippen molar-refractivity contribution in [1.82, 2.24) is 0 Å². The minimum atomic E-state index is -0.422. The van der Waals surface area contributed by atoms with Crippen LogP contribution in [0.15, 0.2) is 53.5 Å². The van der Waals surface area contributed by atoms with Crippen molar-refractivity contribution in [1.29, 1.82) is 0 Å². The molecule has 2 aromatic rings. The van der Waals surface area contributed by atoms with Gasteiger partial charge in [0.25, 0.3) is 5.69 Å². The maximum Gasteiger partial charge on any atom is 0.270 e. The van der Waals surface area contributed by atoms with Crippen LogP contribution in [0, 0.1) is 10.1 Å². The van der Waals surface area contributed by atoms with Crippen molar-refractivity contribution in [2.45, 2.75) is 6.92 Å². The summed E-state index contributed by atoms with van der Waals surface area (Å²) >= 11 is 0. The fraction of sp³-hybridized carbons (Fsp3) is 0.133. The summed E-state index contributed by atoms with van der Waals surface area (Å²) in [6.45, 7) is 2.55. The summed E-state index contributed by atoms with van der Waals surface area (Å²) in [5.41, 5.74) is 1.51. The van der Waals surface area contributed by atoms with Gasteiger partial charge in [-0.1, -0.05) is 12.1 Å². The molecular formula is C15H14N2O3. The summed E-state index contributed by atoms with van der Waals surface area (Å²) in [5, 5.41) is 10.7. The molecule has 2 aromatic carbocycles. The van der Waals surface area contributed by atoms with Gasteiger partial charge in [-0.25, -0.2) is 0 Å². The number of ether oxygens (including phenoxy) is 1. The monoisotopic (exact) mass is 270 g/mol. The fourth-order valence-corrected chi connectivity index (χ4v) is 1.66. The number of rotatable bonds is 5. The second-order valence-electron chi connectivity index (χ2n) is 4.04. The van der Waals surface area contributed by atoms with Gasteiger partial charge in [0.05, 0.1) is 17.2 Å². The number of non-ortho nitro benzene ring substituents is 1. The van der Waals surface area contributed by atoms with Crippen LogP contribution in [-0.4, -0.2) is 17.7 Å². The van der Waals surface area contributed by atoms with Gasteiger partial charge >= 0.3 is 0 Å². The van der Waals surface area contributed by atoms with Crippen molar-refractivity contribution in [2.75, 3.05) is 6.61 Å². The Balaban J connectivity index is 2.12. The van der Waals surface area contributed by atoms with Crippen molar-refractivity contribution < 1.29 is 9.66 Å². The van der Waals surface area contributed by atoms with E-state index in [-0.39, 0.29) is 5.69 Å². The molecule has 0 aliphatic rings. The van der Waals surface area contributed by atoms with Crippen LogP contribution in [0.3, 0.4) is 0 Å². The van der Waals surface area contributed by atoms with E-state index in [0.29, 0.717) is 12.2 Å². The zero-order valence-electron chi connectivity index (χ0n) is 11.0. The summed E-state index contributed by atoms with van der Waals surface area (Å²) in [4.78, 5) is 14.5. The van der Waals surface area contributed by atoms with E-state index in [9.17, 15) is 10.1 Å². The molecule has 0 aliphatic carbocycles. The number of nitrogens with zero attached hydrogens (tertiary/aromatic N) is 2. The van der Waals surface area contributed by atoms with E-state index in [1.165, 1.54) is 12.1 Å². The summed E-state index contributed by atoms with van der Waals surface area (Å²) < 4.78 is 5.34. The highest BCUT2D eigenvalue weighted by Gasteiger charge is 2.03. The zero-order chi connectivity index (χ0) is 14.4. The second-order valence-corrected chi connectivity index (χ2v) is 4.04. The molecule has 0 aromatic heterocycles. The first-order valence-electron chi connectivity index (χ1n) is 6.20. The summed E-state index contributed by atoms with van der Waals surface area (Å²) in [5.74, 6) is 0.793. The predicted molar refractivity (Wildman–Crippen MR) is 78.0 cm³/mol. The summed E-state index contributed by atoms with van der Waals surface area (Å²) in [6.07, 6.45) is 1.60. The van der Waals surface area contributed by atoms with Gasteiger partial charge in [0.15, 0.2) is 0 Å². The molecule has 102 valence electrons. The van der Waals surface area contributed by atoms with Crippen molar-refractivity contribution in [2.24, 2.45) is 4.99 Å². The van der Waals surface area contributed by atoms with Gasteiger partial charge in [0, 0.05) is 18.3 Å². The average molecular weight is 270 g/mol. The lowest BCUT2D eigenvalue weighted by atomic mass is 10.2. The average Bonchev–Trinajstić information content (AvgIpc) is 2.47. The van der Waals surface area contributed by atoms with Crippen LogP contribution in [0.25, 0.3) is 0 Å². The van der Waals surface area contributed by atoms with E-state index < -0.39 is 4.92 Å². The summed E-state index contributed by atoms with van der Waals surface area (Å²) in [6, 6.07) is 13.7. The van der Waals surface area contributed by atoms with Crippen LogP contribution in [-0.2, 0) is 0 Å². The Bertz CT molecular complexity index is 621. The smallest absolute Gasteiger partial charge is 0.270 e. The largest absolute Gasteiger partial charge is 0.494 e. The van der Waals surface area contributed by atoms with Crippen LogP contribution in [0.1, 0.15) is 12.5 Å². The molecule has 0 bridgehead atoms. The number of nitro benzene ring substituents is 1. The van der Waals surface area contributed by atoms with E-state index in [1.807, 2.05) is 31.2 Å². The highest BCUT2D eigenvalue weighted by Crippen LogP contribution is 2.18. The molecular weight excluding hydrogens is 256 g/mol. The molecule has 2 rings (SSSR count). The van der Waals surface area contributed by atoms with Crippen LogP contribution >= 0.6 is 0 Å². The zero-order valence-corrected chi connectivity index (χ0v) is 11.0. The predicted octanol–water partition coefficient (Wildman–Crippen LogP) is 3.74. The second kappa shape index (κ2) is 6.47. The van der Waals surface area contributed by atoms with Gasteiger partial charge in [-0.2, -0.15) is 0 Å². The van der Waals surface area contributed by atoms with Gasteiger partial charge in [-0.05, 0) is 36.8 Å². The van der Waals surface area contributed by atoms with Gasteiger partial charge in [0.2, 0.25) is 0 Å². The molecule has 0 fully saturated rings.